The molecule has 108 valence electrons. The lowest BCUT2D eigenvalue weighted by Crippen LogP contribution is -2.27. The Balaban J connectivity index is 1.45. The molecule has 2 aliphatic carbocycles. The Kier molecular flexibility index (Phi) is 3.11. The molecule has 1 aromatic heterocycles. The topological polar surface area (TPSA) is 58.0 Å². The Morgan fingerprint density at radius 1 is 1.05 bits per heavy atom. The molecular formula is C17H19N3O. The molecule has 1 saturated carbocycles. The quantitative estimate of drug-likeness (QED) is 0.906. The Morgan fingerprint density at radius 3 is 2.43 bits per heavy atom. The lowest BCUT2D eigenvalue weighted by atomic mass is 9.80. The van der Waals surface area contributed by atoms with Crippen LogP contribution < -0.4 is 5.32 Å². The van der Waals surface area contributed by atoms with Crippen LogP contribution in [0.5, 0.6) is 0 Å². The van der Waals surface area contributed by atoms with Crippen molar-refractivity contribution in [3.63, 3.8) is 0 Å². The molecule has 0 atom stereocenters. The van der Waals surface area contributed by atoms with Gasteiger partial charge in [-0.15, -0.1) is 0 Å². The minimum Gasteiger partial charge on any atom is -0.393 e. The molecule has 0 aliphatic heterocycles. The van der Waals surface area contributed by atoms with Gasteiger partial charge in [-0.3, -0.25) is 0 Å². The van der Waals surface area contributed by atoms with E-state index < -0.39 is 0 Å². The third kappa shape index (κ3) is 2.51. The number of aliphatic hydroxyl groups is 1. The third-order valence-electron chi connectivity index (χ3n) is 4.62. The highest BCUT2D eigenvalue weighted by atomic mass is 16.3. The molecule has 0 amide bonds. The SMILES string of the molecule is OC1CC(c2cc(NC3Cc4ccccc4C3)ncn2)C1. The molecule has 21 heavy (non-hydrogen) atoms. The standard InChI is InChI=1S/C17H19N3O/c21-15-7-13(8-15)16-9-17(19-10-18-16)20-14-5-11-3-1-2-4-12(11)6-14/h1-4,9-10,13-15,21H,5-8H2,(H,18,19,20). The Labute approximate surface area is 124 Å². The molecule has 0 bridgehead atoms. The van der Waals surface area contributed by atoms with Crippen molar-refractivity contribution in [3.8, 4) is 0 Å². The highest BCUT2D eigenvalue weighted by Gasteiger charge is 2.30. The van der Waals surface area contributed by atoms with Crippen LogP contribution in [-0.4, -0.2) is 27.2 Å². The highest BCUT2D eigenvalue weighted by molar-refractivity contribution is 5.42. The van der Waals surface area contributed by atoms with E-state index in [1.54, 1.807) is 6.33 Å². The summed E-state index contributed by atoms with van der Waals surface area (Å²) in [5.74, 6) is 1.29. The zero-order valence-corrected chi connectivity index (χ0v) is 11.9. The minimum absolute atomic E-state index is 0.147. The number of fused-ring (bicyclic) bond motifs is 1. The van der Waals surface area contributed by atoms with Gasteiger partial charge in [0.15, 0.2) is 0 Å². The van der Waals surface area contributed by atoms with E-state index in [0.29, 0.717) is 12.0 Å². The van der Waals surface area contributed by atoms with E-state index in [2.05, 4.69) is 39.6 Å². The number of anilines is 1. The van der Waals surface area contributed by atoms with Crippen molar-refractivity contribution in [2.24, 2.45) is 0 Å². The molecule has 1 heterocycles. The third-order valence-corrected chi connectivity index (χ3v) is 4.62. The van der Waals surface area contributed by atoms with Crippen LogP contribution in [0.15, 0.2) is 36.7 Å². The van der Waals surface area contributed by atoms with E-state index in [-0.39, 0.29) is 6.10 Å². The maximum absolute atomic E-state index is 9.42. The van der Waals surface area contributed by atoms with Crippen molar-refractivity contribution < 1.29 is 5.11 Å². The molecule has 0 radical (unpaired) electrons. The Hall–Kier alpha value is -1.94. The van der Waals surface area contributed by atoms with Gasteiger partial charge in [-0.25, -0.2) is 9.97 Å². The number of aromatic nitrogens is 2. The van der Waals surface area contributed by atoms with Crippen molar-refractivity contribution in [2.75, 3.05) is 5.32 Å². The second kappa shape index (κ2) is 5.11. The summed E-state index contributed by atoms with van der Waals surface area (Å²) in [4.78, 5) is 8.69. The van der Waals surface area contributed by atoms with E-state index in [4.69, 9.17) is 0 Å². The highest BCUT2D eigenvalue weighted by Crippen LogP contribution is 2.36. The van der Waals surface area contributed by atoms with Crippen molar-refractivity contribution in [3.05, 3.63) is 53.5 Å². The van der Waals surface area contributed by atoms with Gasteiger partial charge < -0.3 is 10.4 Å². The van der Waals surface area contributed by atoms with Crippen LogP contribution in [0.3, 0.4) is 0 Å². The first-order chi connectivity index (χ1) is 10.3. The molecule has 2 aliphatic rings. The minimum atomic E-state index is -0.147. The second-order valence-corrected chi connectivity index (χ2v) is 6.17. The molecule has 4 nitrogen and oxygen atoms in total. The van der Waals surface area contributed by atoms with Crippen LogP contribution >= 0.6 is 0 Å². The monoisotopic (exact) mass is 281 g/mol. The maximum atomic E-state index is 9.42. The van der Waals surface area contributed by atoms with E-state index in [1.807, 2.05) is 6.07 Å². The van der Waals surface area contributed by atoms with Crippen LogP contribution in [0.1, 0.15) is 35.6 Å². The smallest absolute Gasteiger partial charge is 0.129 e. The first kappa shape index (κ1) is 12.8. The van der Waals surface area contributed by atoms with Crippen molar-refractivity contribution in [2.45, 2.75) is 43.7 Å². The summed E-state index contributed by atoms with van der Waals surface area (Å²) in [7, 11) is 0. The van der Waals surface area contributed by atoms with Crippen LogP contribution in [-0.2, 0) is 12.8 Å². The van der Waals surface area contributed by atoms with E-state index >= 15 is 0 Å². The van der Waals surface area contributed by atoms with E-state index in [1.165, 1.54) is 11.1 Å². The number of rotatable bonds is 3. The lowest BCUT2D eigenvalue weighted by Gasteiger charge is -2.30. The summed E-state index contributed by atoms with van der Waals surface area (Å²) in [5, 5.41) is 12.9. The molecule has 0 saturated heterocycles. The fraction of sp³-hybridized carbons (Fsp3) is 0.412. The summed E-state index contributed by atoms with van der Waals surface area (Å²) in [6.07, 6.45) is 5.24. The molecular weight excluding hydrogens is 262 g/mol. The van der Waals surface area contributed by atoms with Gasteiger partial charge in [0.05, 0.1) is 6.10 Å². The summed E-state index contributed by atoms with van der Waals surface area (Å²) >= 11 is 0. The first-order valence-corrected chi connectivity index (χ1v) is 7.61. The summed E-state index contributed by atoms with van der Waals surface area (Å²) in [5.41, 5.74) is 3.92. The van der Waals surface area contributed by atoms with Crippen LogP contribution in [0.2, 0.25) is 0 Å². The predicted octanol–water partition coefficient (Wildman–Crippen LogP) is 2.29. The van der Waals surface area contributed by atoms with Crippen LogP contribution in [0, 0.1) is 0 Å². The van der Waals surface area contributed by atoms with Crippen molar-refractivity contribution in [1.82, 2.24) is 9.97 Å². The average molecular weight is 281 g/mol. The van der Waals surface area contributed by atoms with E-state index in [9.17, 15) is 5.11 Å². The molecule has 0 spiro atoms. The number of aliphatic hydroxyl groups excluding tert-OH is 1. The van der Waals surface area contributed by atoms with Gasteiger partial charge in [0, 0.05) is 23.7 Å². The average Bonchev–Trinajstić information content (AvgIpc) is 2.86. The largest absolute Gasteiger partial charge is 0.393 e. The zero-order chi connectivity index (χ0) is 14.2. The number of hydrogen-bond donors (Lipinski definition) is 2. The molecule has 0 unspecified atom stereocenters. The fourth-order valence-corrected chi connectivity index (χ4v) is 3.37. The fourth-order valence-electron chi connectivity index (χ4n) is 3.37. The molecule has 4 heteroatoms. The number of nitrogens with one attached hydrogen (secondary N) is 1. The van der Waals surface area contributed by atoms with Crippen molar-refractivity contribution in [1.29, 1.82) is 0 Å². The normalized spacial score (nSPS) is 24.4. The Bertz CT molecular complexity index is 627. The lowest BCUT2D eigenvalue weighted by molar-refractivity contribution is 0.0732. The molecule has 4 rings (SSSR count). The van der Waals surface area contributed by atoms with Gasteiger partial charge in [0.2, 0.25) is 0 Å². The zero-order valence-electron chi connectivity index (χ0n) is 11.9. The van der Waals surface area contributed by atoms with Gasteiger partial charge in [-0.2, -0.15) is 0 Å². The molecule has 1 fully saturated rings. The molecule has 2 aromatic rings. The second-order valence-electron chi connectivity index (χ2n) is 6.17. The van der Waals surface area contributed by atoms with Gasteiger partial charge in [-0.1, -0.05) is 24.3 Å². The summed E-state index contributed by atoms with van der Waals surface area (Å²) < 4.78 is 0. The number of benzene rings is 1. The van der Waals surface area contributed by atoms with Gasteiger partial charge >= 0.3 is 0 Å². The van der Waals surface area contributed by atoms with Gasteiger partial charge in [0.25, 0.3) is 0 Å². The predicted molar refractivity (Wildman–Crippen MR) is 81.3 cm³/mol. The van der Waals surface area contributed by atoms with Crippen LogP contribution in [0.4, 0.5) is 5.82 Å². The number of nitrogens with zero attached hydrogens (tertiary/aromatic N) is 2. The summed E-state index contributed by atoms with van der Waals surface area (Å²) in [6, 6.07) is 11.1. The maximum Gasteiger partial charge on any atom is 0.129 e. The van der Waals surface area contributed by atoms with Gasteiger partial charge in [0.1, 0.15) is 12.1 Å². The van der Waals surface area contributed by atoms with Gasteiger partial charge in [-0.05, 0) is 36.8 Å². The summed E-state index contributed by atoms with van der Waals surface area (Å²) in [6.45, 7) is 0. The van der Waals surface area contributed by atoms with E-state index in [0.717, 1.165) is 37.2 Å². The molecule has 2 N–H and O–H groups in total. The van der Waals surface area contributed by atoms with Crippen LogP contribution in [0.25, 0.3) is 0 Å². The number of hydrogen-bond acceptors (Lipinski definition) is 4. The Morgan fingerprint density at radius 2 is 1.76 bits per heavy atom. The first-order valence-electron chi connectivity index (χ1n) is 7.61. The van der Waals surface area contributed by atoms with Crippen molar-refractivity contribution >= 4 is 5.82 Å². The molecule has 1 aromatic carbocycles.